The summed E-state index contributed by atoms with van der Waals surface area (Å²) >= 11 is 1.30. The molecule has 0 aliphatic carbocycles. The van der Waals surface area contributed by atoms with Gasteiger partial charge in [0.25, 0.3) is 0 Å². The first-order chi connectivity index (χ1) is 13.4. The quantitative estimate of drug-likeness (QED) is 0.176. The monoisotopic (exact) mass is 404 g/mol. The Hall–Kier alpha value is -2.56. The molecule has 0 bridgehead atoms. The number of rotatable bonds is 8. The van der Waals surface area contributed by atoms with Crippen molar-refractivity contribution in [1.29, 1.82) is 0 Å². The number of carbonyl (C=O) groups is 2. The maximum absolute atomic E-state index is 13.0. The molecular formula is C18H24N6O3S. The molecular weight excluding hydrogens is 380 g/mol. The SMILES string of the molecule is NC(N)=NCCCC(NC(=O)[C@@H]1C[C@@H](O)CN1)C(=O)c1nc2ccccc2s1. The highest BCUT2D eigenvalue weighted by molar-refractivity contribution is 7.20. The molecule has 1 aliphatic heterocycles. The van der Waals surface area contributed by atoms with Gasteiger partial charge in [0.1, 0.15) is 0 Å². The molecule has 1 aliphatic rings. The lowest BCUT2D eigenvalue weighted by atomic mass is 10.1. The molecule has 2 heterocycles. The number of aliphatic hydroxyl groups excluding tert-OH is 1. The van der Waals surface area contributed by atoms with E-state index in [1.165, 1.54) is 11.3 Å². The van der Waals surface area contributed by atoms with E-state index in [1.807, 2.05) is 24.3 Å². The van der Waals surface area contributed by atoms with Gasteiger partial charge in [-0.2, -0.15) is 0 Å². The molecule has 0 radical (unpaired) electrons. The number of aliphatic imine (C=N–C) groups is 1. The van der Waals surface area contributed by atoms with E-state index in [-0.39, 0.29) is 17.6 Å². The number of benzene rings is 1. The molecule has 1 amide bonds. The Morgan fingerprint density at radius 3 is 2.86 bits per heavy atom. The Bertz CT molecular complexity index is 846. The number of nitrogens with one attached hydrogen (secondary N) is 2. The van der Waals surface area contributed by atoms with Gasteiger partial charge in [0.05, 0.1) is 28.4 Å². The number of aromatic nitrogens is 1. The number of amides is 1. The molecule has 150 valence electrons. The number of aliphatic hydroxyl groups is 1. The standard InChI is InChI=1S/C18H24N6O3S/c19-18(20)21-7-3-5-12(23-16(27)13-8-10(25)9-22-13)15(26)17-24-11-4-1-2-6-14(11)28-17/h1-2,4,6,10,12-13,22,25H,3,5,7-9H2,(H,23,27)(H4,19,20,21)/t10-,12?,13+/m1/s1. The Morgan fingerprint density at radius 2 is 2.18 bits per heavy atom. The first-order valence-corrected chi connectivity index (χ1v) is 9.92. The lowest BCUT2D eigenvalue weighted by molar-refractivity contribution is -0.123. The van der Waals surface area contributed by atoms with E-state index < -0.39 is 18.2 Å². The van der Waals surface area contributed by atoms with E-state index in [9.17, 15) is 14.7 Å². The molecule has 10 heteroatoms. The van der Waals surface area contributed by atoms with Crippen LogP contribution in [0.25, 0.3) is 10.2 Å². The summed E-state index contributed by atoms with van der Waals surface area (Å²) in [5.74, 6) is -0.558. The normalized spacial score (nSPS) is 20.0. The minimum absolute atomic E-state index is 0.0118. The Morgan fingerprint density at radius 1 is 1.39 bits per heavy atom. The maximum atomic E-state index is 13.0. The third-order valence-electron chi connectivity index (χ3n) is 4.51. The average Bonchev–Trinajstić information content (AvgIpc) is 3.29. The molecule has 3 atom stereocenters. The van der Waals surface area contributed by atoms with Gasteiger partial charge in [-0.25, -0.2) is 4.98 Å². The summed E-state index contributed by atoms with van der Waals surface area (Å²) in [5, 5.41) is 15.7. The number of hydrogen-bond acceptors (Lipinski definition) is 7. The van der Waals surface area contributed by atoms with E-state index in [1.54, 1.807) is 0 Å². The van der Waals surface area contributed by atoms with Crippen LogP contribution in [0.2, 0.25) is 0 Å². The predicted octanol–water partition coefficient (Wildman–Crippen LogP) is -0.260. The Kier molecular flexibility index (Phi) is 6.55. The minimum Gasteiger partial charge on any atom is -0.392 e. The highest BCUT2D eigenvalue weighted by Crippen LogP contribution is 2.23. The van der Waals surface area contributed by atoms with Crippen molar-refractivity contribution in [2.24, 2.45) is 16.5 Å². The van der Waals surface area contributed by atoms with Gasteiger partial charge in [-0.15, -0.1) is 11.3 Å². The van der Waals surface area contributed by atoms with Crippen molar-refractivity contribution in [2.75, 3.05) is 13.1 Å². The largest absolute Gasteiger partial charge is 0.392 e. The number of carbonyl (C=O) groups excluding carboxylic acids is 2. The van der Waals surface area contributed by atoms with Crippen LogP contribution in [0.1, 0.15) is 29.1 Å². The van der Waals surface area contributed by atoms with Gasteiger partial charge in [-0.1, -0.05) is 12.1 Å². The predicted molar refractivity (Wildman–Crippen MR) is 108 cm³/mol. The first-order valence-electron chi connectivity index (χ1n) is 9.11. The van der Waals surface area contributed by atoms with Crippen LogP contribution in [0.5, 0.6) is 0 Å². The van der Waals surface area contributed by atoms with Crippen molar-refractivity contribution in [3.63, 3.8) is 0 Å². The molecule has 1 saturated heterocycles. The summed E-state index contributed by atoms with van der Waals surface area (Å²) < 4.78 is 0.914. The first kappa shape index (κ1) is 20.2. The number of nitrogens with two attached hydrogens (primary N) is 2. The fourth-order valence-electron chi connectivity index (χ4n) is 3.09. The van der Waals surface area contributed by atoms with Crippen LogP contribution >= 0.6 is 11.3 Å². The molecule has 0 saturated carbocycles. The molecule has 28 heavy (non-hydrogen) atoms. The lowest BCUT2D eigenvalue weighted by Gasteiger charge is -2.19. The number of fused-ring (bicyclic) bond motifs is 1. The number of thiazole rings is 1. The van der Waals surface area contributed by atoms with Gasteiger partial charge >= 0.3 is 0 Å². The summed E-state index contributed by atoms with van der Waals surface area (Å²) in [4.78, 5) is 33.9. The second-order valence-electron chi connectivity index (χ2n) is 6.71. The molecule has 1 unspecified atom stereocenters. The summed E-state index contributed by atoms with van der Waals surface area (Å²) in [7, 11) is 0. The van der Waals surface area contributed by atoms with Crippen LogP contribution in [0, 0.1) is 0 Å². The van der Waals surface area contributed by atoms with Crippen molar-refractivity contribution in [3.05, 3.63) is 29.3 Å². The lowest BCUT2D eigenvalue weighted by Crippen LogP contribution is -2.48. The number of ketones is 1. The third-order valence-corrected chi connectivity index (χ3v) is 5.56. The van der Waals surface area contributed by atoms with E-state index in [0.717, 1.165) is 10.2 Å². The molecule has 1 fully saturated rings. The number of hydrogen-bond donors (Lipinski definition) is 5. The van der Waals surface area contributed by atoms with Gasteiger partial charge in [-0.3, -0.25) is 14.6 Å². The van der Waals surface area contributed by atoms with Gasteiger partial charge in [0.15, 0.2) is 11.0 Å². The van der Waals surface area contributed by atoms with E-state index >= 15 is 0 Å². The fourth-order valence-corrected chi connectivity index (χ4v) is 4.05. The highest BCUT2D eigenvalue weighted by atomic mass is 32.1. The average molecular weight is 404 g/mol. The Labute approximate surface area is 166 Å². The molecule has 7 N–H and O–H groups in total. The number of nitrogens with zero attached hydrogens (tertiary/aromatic N) is 2. The second kappa shape index (κ2) is 9.09. The van der Waals surface area contributed by atoms with Crippen molar-refractivity contribution in [2.45, 2.75) is 37.5 Å². The highest BCUT2D eigenvalue weighted by Gasteiger charge is 2.31. The summed E-state index contributed by atoms with van der Waals surface area (Å²) in [6, 6.07) is 6.25. The number of guanidine groups is 1. The zero-order valence-corrected chi connectivity index (χ0v) is 16.1. The third kappa shape index (κ3) is 5.03. The van der Waals surface area contributed by atoms with Crippen LogP contribution < -0.4 is 22.1 Å². The van der Waals surface area contributed by atoms with Crippen LogP contribution in [-0.4, -0.2) is 59.0 Å². The van der Waals surface area contributed by atoms with Crippen molar-refractivity contribution in [3.8, 4) is 0 Å². The minimum atomic E-state index is -0.734. The molecule has 2 aromatic rings. The van der Waals surface area contributed by atoms with Gasteiger partial charge in [0.2, 0.25) is 11.7 Å². The van der Waals surface area contributed by atoms with Crippen molar-refractivity contribution < 1.29 is 14.7 Å². The Balaban J connectivity index is 1.72. The van der Waals surface area contributed by atoms with Gasteiger partial charge in [-0.05, 0) is 31.4 Å². The molecule has 1 aromatic heterocycles. The van der Waals surface area contributed by atoms with Crippen LogP contribution in [-0.2, 0) is 4.79 Å². The van der Waals surface area contributed by atoms with E-state index in [0.29, 0.717) is 37.4 Å². The van der Waals surface area contributed by atoms with Gasteiger partial charge < -0.3 is 27.2 Å². The summed E-state index contributed by atoms with van der Waals surface area (Å²) in [6.07, 6.45) is 0.672. The van der Waals surface area contributed by atoms with Gasteiger partial charge in [0, 0.05) is 13.1 Å². The van der Waals surface area contributed by atoms with E-state index in [2.05, 4.69) is 20.6 Å². The van der Waals surface area contributed by atoms with Crippen molar-refractivity contribution in [1.82, 2.24) is 15.6 Å². The van der Waals surface area contributed by atoms with Crippen molar-refractivity contribution >= 4 is 39.2 Å². The molecule has 3 rings (SSSR count). The van der Waals surface area contributed by atoms with E-state index in [4.69, 9.17) is 11.5 Å². The smallest absolute Gasteiger partial charge is 0.237 e. The maximum Gasteiger partial charge on any atom is 0.237 e. The topological polar surface area (TPSA) is 156 Å². The number of para-hydroxylation sites is 1. The summed E-state index contributed by atoms with van der Waals surface area (Å²) in [5.41, 5.74) is 11.4. The molecule has 9 nitrogen and oxygen atoms in total. The molecule has 0 spiro atoms. The number of Topliss-reactive ketones (excluding diaryl/α,β-unsaturated/α-hetero) is 1. The van der Waals surface area contributed by atoms with Crippen LogP contribution in [0.4, 0.5) is 0 Å². The van der Waals surface area contributed by atoms with Crippen LogP contribution in [0.3, 0.4) is 0 Å². The van der Waals surface area contributed by atoms with Crippen LogP contribution in [0.15, 0.2) is 29.3 Å². The summed E-state index contributed by atoms with van der Waals surface area (Å²) in [6.45, 7) is 0.723. The zero-order chi connectivity index (χ0) is 20.1. The number of β-amino-alcohol motifs (C(OH)–C–C–N with tert-alkyl or cyclic N) is 1. The molecule has 1 aromatic carbocycles. The fraction of sp³-hybridized carbons (Fsp3) is 0.444. The second-order valence-corrected chi connectivity index (χ2v) is 7.74. The zero-order valence-electron chi connectivity index (χ0n) is 15.3.